The van der Waals surface area contributed by atoms with Gasteiger partial charge in [0.15, 0.2) is 0 Å². The van der Waals surface area contributed by atoms with Gasteiger partial charge in [0, 0.05) is 0 Å². The van der Waals surface area contributed by atoms with E-state index < -0.39 is 41.7 Å². The Bertz CT molecular complexity index is 2410. The first-order valence-electron chi connectivity index (χ1n) is 21.2. The SMILES string of the molecule is CC1(Cc2cc3c(-c4ccc5ccccc5c4)cccc3[cH-]2)CCCC1.CC1(Cc2cc3c(-c4ccc5ccccc5c4)cccc3[cH-]2)CCCC1.[CH2-][Si][CH2-].[Cl][Zr+2][Cl].[Cl][Zr+2][Cl]. The summed E-state index contributed by atoms with van der Waals surface area (Å²) >= 11 is -1.65. The summed E-state index contributed by atoms with van der Waals surface area (Å²) < 4.78 is 0. The van der Waals surface area contributed by atoms with Gasteiger partial charge >= 0.3 is 75.7 Å². The van der Waals surface area contributed by atoms with Crippen LogP contribution in [0.1, 0.15) is 76.3 Å². The first-order valence-corrected chi connectivity index (χ1v) is 35.3. The molecule has 0 unspecified atom stereocenters. The Morgan fingerprint density at radius 2 is 0.836 bits per heavy atom. The van der Waals surface area contributed by atoms with Crippen molar-refractivity contribution in [1.29, 1.82) is 0 Å². The standard InChI is InChI=1S/2C26H25.C2H4Si.4ClH.2Zr/c2*1-26(13-4-5-14-26)18-19-15-22-9-6-10-24(25(22)16-19)23-12-11-20-7-2-3-8-21(20)17-23;1-3-2;;;;;;/h2*2-3,6-12,15-17H,4-5,13-14,18H2,1H3;1-2H2;4*1H;;/q2*-1;-2;;;;;2*+4/p-4. The van der Waals surface area contributed by atoms with Gasteiger partial charge in [-0.3, -0.25) is 0 Å². The summed E-state index contributed by atoms with van der Waals surface area (Å²) in [6.45, 7) is 11.8. The number of rotatable bonds is 6. The fourth-order valence-corrected chi connectivity index (χ4v) is 9.81. The molecule has 2 aliphatic carbocycles. The predicted octanol–water partition coefficient (Wildman–Crippen LogP) is 18.0. The molecule has 310 valence electrons. The van der Waals surface area contributed by atoms with E-state index in [0.717, 1.165) is 0 Å². The molecular weight excluding hydrogens is 1000 g/mol. The average molecular weight is 1060 g/mol. The van der Waals surface area contributed by atoms with Crippen LogP contribution in [0.2, 0.25) is 0 Å². The summed E-state index contributed by atoms with van der Waals surface area (Å²) in [6, 6.07) is 54.1. The average Bonchev–Trinajstić information content (AvgIpc) is 4.08. The van der Waals surface area contributed by atoms with Crippen LogP contribution in [0.4, 0.5) is 0 Å². The molecule has 2 radical (unpaired) electrons. The molecule has 0 amide bonds. The molecule has 2 aliphatic rings. The molecule has 0 bridgehead atoms. The third-order valence-electron chi connectivity index (χ3n) is 12.6. The Morgan fingerprint density at radius 1 is 0.492 bits per heavy atom. The summed E-state index contributed by atoms with van der Waals surface area (Å²) in [5.41, 5.74) is 9.39. The van der Waals surface area contributed by atoms with Gasteiger partial charge in [-0.1, -0.05) is 136 Å². The quantitative estimate of drug-likeness (QED) is 0.115. The van der Waals surface area contributed by atoms with Crippen molar-refractivity contribution in [3.05, 3.63) is 170 Å². The molecule has 8 aromatic rings. The zero-order valence-electron chi connectivity index (χ0n) is 35.4. The number of hydrogen-bond acceptors (Lipinski definition) is 0. The summed E-state index contributed by atoms with van der Waals surface area (Å²) in [6.07, 6.45) is 13.6. The van der Waals surface area contributed by atoms with Gasteiger partial charge in [-0.15, -0.1) is 69.1 Å². The molecule has 8 aromatic carbocycles. The zero-order chi connectivity index (χ0) is 43.2. The van der Waals surface area contributed by atoms with Crippen molar-refractivity contribution in [3.63, 3.8) is 0 Å². The molecule has 2 fully saturated rings. The van der Waals surface area contributed by atoms with Crippen LogP contribution in [0.5, 0.6) is 0 Å². The monoisotopic (exact) mass is 1050 g/mol. The van der Waals surface area contributed by atoms with E-state index in [1.807, 2.05) is 0 Å². The van der Waals surface area contributed by atoms with Crippen molar-refractivity contribution < 1.29 is 41.7 Å². The van der Waals surface area contributed by atoms with E-state index in [1.165, 1.54) is 141 Å². The number of hydrogen-bond donors (Lipinski definition) is 0. The summed E-state index contributed by atoms with van der Waals surface area (Å²) in [4.78, 5) is 0. The van der Waals surface area contributed by atoms with Gasteiger partial charge in [0.25, 0.3) is 0 Å². The Labute approximate surface area is 405 Å². The van der Waals surface area contributed by atoms with Crippen LogP contribution in [0.25, 0.3) is 65.3 Å². The Balaban J connectivity index is 0.000000171. The van der Waals surface area contributed by atoms with E-state index in [4.69, 9.17) is 34.1 Å². The first-order chi connectivity index (χ1) is 29.6. The van der Waals surface area contributed by atoms with E-state index in [9.17, 15) is 0 Å². The maximum absolute atomic E-state index is 4.93. The topological polar surface area (TPSA) is 0 Å². The van der Waals surface area contributed by atoms with Crippen LogP contribution in [0.15, 0.2) is 146 Å². The van der Waals surface area contributed by atoms with E-state index >= 15 is 0 Å². The molecule has 0 N–H and O–H groups in total. The second-order valence-corrected chi connectivity index (χ2v) is 25.2. The van der Waals surface area contributed by atoms with Gasteiger partial charge in [-0.2, -0.15) is 12.1 Å². The molecule has 2 saturated carbocycles. The van der Waals surface area contributed by atoms with Crippen molar-refractivity contribution in [2.45, 2.75) is 78.1 Å². The summed E-state index contributed by atoms with van der Waals surface area (Å²) in [5.74, 6) is 0. The molecule has 0 atom stereocenters. The Kier molecular flexibility index (Phi) is 19.1. The normalized spacial score (nSPS) is 14.7. The van der Waals surface area contributed by atoms with Crippen molar-refractivity contribution >= 4 is 86.7 Å². The van der Waals surface area contributed by atoms with Crippen molar-refractivity contribution in [1.82, 2.24) is 0 Å². The van der Waals surface area contributed by atoms with Gasteiger partial charge in [-0.05, 0) is 94.2 Å². The molecule has 0 aliphatic heterocycles. The zero-order valence-corrected chi connectivity index (χ0v) is 44.3. The number of fused-ring (bicyclic) bond motifs is 4. The van der Waals surface area contributed by atoms with Gasteiger partial charge in [-0.25, -0.2) is 0 Å². The number of benzene rings is 6. The van der Waals surface area contributed by atoms with Crippen LogP contribution in [-0.2, 0) is 54.5 Å². The third kappa shape index (κ3) is 13.2. The van der Waals surface area contributed by atoms with Crippen molar-refractivity contribution in [3.8, 4) is 22.3 Å². The van der Waals surface area contributed by atoms with Crippen LogP contribution in [0.3, 0.4) is 0 Å². The van der Waals surface area contributed by atoms with Crippen molar-refractivity contribution in [2.24, 2.45) is 10.8 Å². The summed E-state index contributed by atoms with van der Waals surface area (Å²) in [5, 5.41) is 10.8. The molecule has 7 heteroatoms. The molecular formula is C54H54Cl4SiZr2. The molecule has 0 heterocycles. The fraction of sp³-hybridized carbons (Fsp3) is 0.259. The third-order valence-corrected chi connectivity index (χ3v) is 12.6. The van der Waals surface area contributed by atoms with Crippen molar-refractivity contribution in [2.75, 3.05) is 0 Å². The molecule has 0 aromatic heterocycles. The van der Waals surface area contributed by atoms with Crippen LogP contribution < -0.4 is 0 Å². The van der Waals surface area contributed by atoms with E-state index in [1.54, 1.807) is 0 Å². The van der Waals surface area contributed by atoms with Crippen LogP contribution >= 0.6 is 34.1 Å². The predicted molar refractivity (Wildman–Crippen MR) is 265 cm³/mol. The molecule has 10 rings (SSSR count). The molecule has 61 heavy (non-hydrogen) atoms. The molecule has 0 nitrogen and oxygen atoms in total. The first kappa shape index (κ1) is 48.7. The number of halogens is 4. The van der Waals surface area contributed by atoms with Crippen LogP contribution in [-0.4, -0.2) is 9.52 Å². The van der Waals surface area contributed by atoms with E-state index in [-0.39, 0.29) is 0 Å². The van der Waals surface area contributed by atoms with Gasteiger partial charge in [0.05, 0.1) is 0 Å². The molecule has 0 saturated heterocycles. The maximum atomic E-state index is 4.93. The second-order valence-electron chi connectivity index (χ2n) is 17.2. The van der Waals surface area contributed by atoms with E-state index in [0.29, 0.717) is 20.3 Å². The fourth-order valence-electron chi connectivity index (χ4n) is 9.81. The van der Waals surface area contributed by atoms with Crippen LogP contribution in [0, 0.1) is 23.9 Å². The second kappa shape index (κ2) is 23.9. The van der Waals surface area contributed by atoms with Gasteiger partial charge in [0.2, 0.25) is 0 Å². The van der Waals surface area contributed by atoms with Gasteiger partial charge < -0.3 is 22.6 Å². The Hall–Kier alpha value is -1.80. The molecule has 0 spiro atoms. The summed E-state index contributed by atoms with van der Waals surface area (Å²) in [7, 11) is 20.3. The minimum atomic E-state index is -0.826. The minimum absolute atomic E-state index is 0.507. The van der Waals surface area contributed by atoms with E-state index in [2.05, 4.69) is 173 Å². The Morgan fingerprint density at radius 3 is 1.20 bits per heavy atom. The van der Waals surface area contributed by atoms with Gasteiger partial charge in [0.1, 0.15) is 0 Å².